The summed E-state index contributed by atoms with van der Waals surface area (Å²) in [4.78, 5) is 21.8. The van der Waals surface area contributed by atoms with Gasteiger partial charge in [0.05, 0.1) is 13.2 Å². The highest BCUT2D eigenvalue weighted by Crippen LogP contribution is 2.14. The standard InChI is InChI=1S/C11H17NO2.C6H10O4/c1-10-2-4-11(5-3-10)12(6-8-13)7-9-14;7-5(8)3-1-2-4-6(9)10/h2-5,13-14H,6-9H2,1H3;1-4H2,(H,7,8)(H,9,10). The van der Waals surface area contributed by atoms with Crippen molar-refractivity contribution in [1.82, 2.24) is 0 Å². The van der Waals surface area contributed by atoms with Crippen molar-refractivity contribution in [3.05, 3.63) is 29.8 Å². The van der Waals surface area contributed by atoms with Crippen LogP contribution in [0.2, 0.25) is 0 Å². The molecule has 0 amide bonds. The van der Waals surface area contributed by atoms with Gasteiger partial charge in [-0.2, -0.15) is 0 Å². The summed E-state index contributed by atoms with van der Waals surface area (Å²) in [5.41, 5.74) is 2.25. The molecule has 1 aromatic rings. The summed E-state index contributed by atoms with van der Waals surface area (Å²) in [6.07, 6.45) is 1.02. The number of benzene rings is 1. The van der Waals surface area contributed by atoms with E-state index in [1.807, 2.05) is 36.1 Å². The highest BCUT2D eigenvalue weighted by molar-refractivity contribution is 5.67. The number of aryl methyl sites for hydroxylation is 1. The van der Waals surface area contributed by atoms with Gasteiger partial charge >= 0.3 is 11.9 Å². The van der Waals surface area contributed by atoms with Crippen molar-refractivity contribution in [2.24, 2.45) is 0 Å². The fourth-order valence-corrected chi connectivity index (χ4v) is 1.92. The molecule has 0 aliphatic carbocycles. The van der Waals surface area contributed by atoms with Gasteiger partial charge in [-0.05, 0) is 31.9 Å². The number of nitrogens with zero attached hydrogens (tertiary/aromatic N) is 1. The molecule has 0 aliphatic heterocycles. The van der Waals surface area contributed by atoms with Crippen molar-refractivity contribution in [3.8, 4) is 0 Å². The SMILES string of the molecule is Cc1ccc(N(CCO)CCO)cc1.O=C(O)CCCCC(=O)O. The largest absolute Gasteiger partial charge is 0.481 e. The Hall–Kier alpha value is -2.12. The summed E-state index contributed by atoms with van der Waals surface area (Å²) in [5.74, 6) is -1.74. The minimum Gasteiger partial charge on any atom is -0.481 e. The molecule has 136 valence electrons. The first-order valence-electron chi connectivity index (χ1n) is 7.87. The van der Waals surface area contributed by atoms with Crippen molar-refractivity contribution < 1.29 is 30.0 Å². The third kappa shape index (κ3) is 11.4. The molecule has 0 unspecified atom stereocenters. The Morgan fingerprint density at radius 3 is 1.62 bits per heavy atom. The lowest BCUT2D eigenvalue weighted by Crippen LogP contribution is -2.29. The molecule has 7 nitrogen and oxygen atoms in total. The van der Waals surface area contributed by atoms with Crippen LogP contribution < -0.4 is 4.90 Å². The van der Waals surface area contributed by atoms with Crippen molar-refractivity contribution in [1.29, 1.82) is 0 Å². The Labute approximate surface area is 142 Å². The van der Waals surface area contributed by atoms with E-state index in [-0.39, 0.29) is 26.1 Å². The number of carboxylic acids is 2. The van der Waals surface area contributed by atoms with Gasteiger partial charge in [-0.3, -0.25) is 9.59 Å². The molecule has 0 saturated carbocycles. The lowest BCUT2D eigenvalue weighted by Gasteiger charge is -2.22. The van der Waals surface area contributed by atoms with Gasteiger partial charge < -0.3 is 25.3 Å². The Morgan fingerprint density at radius 2 is 1.29 bits per heavy atom. The van der Waals surface area contributed by atoms with Crippen LogP contribution in [0.1, 0.15) is 31.2 Å². The molecule has 24 heavy (non-hydrogen) atoms. The summed E-state index contributed by atoms with van der Waals surface area (Å²) in [6, 6.07) is 8.05. The van der Waals surface area contributed by atoms with Crippen molar-refractivity contribution in [2.45, 2.75) is 32.6 Å². The van der Waals surface area contributed by atoms with Crippen LogP contribution in [0.5, 0.6) is 0 Å². The zero-order valence-electron chi connectivity index (χ0n) is 14.0. The molecule has 4 N–H and O–H groups in total. The predicted molar refractivity (Wildman–Crippen MR) is 91.3 cm³/mol. The third-order valence-electron chi connectivity index (χ3n) is 3.17. The number of hydrogen-bond donors (Lipinski definition) is 4. The zero-order valence-corrected chi connectivity index (χ0v) is 14.0. The van der Waals surface area contributed by atoms with E-state index >= 15 is 0 Å². The Balaban J connectivity index is 0.000000470. The normalized spacial score (nSPS) is 9.79. The first-order chi connectivity index (χ1) is 11.4. The Morgan fingerprint density at radius 1 is 0.875 bits per heavy atom. The van der Waals surface area contributed by atoms with E-state index in [4.69, 9.17) is 20.4 Å². The molecule has 0 spiro atoms. The molecule has 0 aromatic heterocycles. The number of aliphatic hydroxyl groups is 2. The number of anilines is 1. The molecule has 7 heteroatoms. The second kappa shape index (κ2) is 13.3. The fourth-order valence-electron chi connectivity index (χ4n) is 1.92. The summed E-state index contributed by atoms with van der Waals surface area (Å²) < 4.78 is 0. The molecule has 0 saturated heterocycles. The molecule has 0 radical (unpaired) electrons. The molecule has 0 atom stereocenters. The van der Waals surface area contributed by atoms with Gasteiger partial charge in [0.2, 0.25) is 0 Å². The van der Waals surface area contributed by atoms with E-state index in [0.29, 0.717) is 25.9 Å². The van der Waals surface area contributed by atoms with E-state index in [0.717, 1.165) is 5.69 Å². The van der Waals surface area contributed by atoms with E-state index in [1.54, 1.807) is 0 Å². The second-order valence-corrected chi connectivity index (χ2v) is 5.26. The average Bonchev–Trinajstić information content (AvgIpc) is 2.52. The van der Waals surface area contributed by atoms with Crippen LogP contribution in [0, 0.1) is 6.92 Å². The maximum atomic E-state index is 9.90. The summed E-state index contributed by atoms with van der Waals surface area (Å²) in [6.45, 7) is 3.36. The third-order valence-corrected chi connectivity index (χ3v) is 3.17. The first-order valence-corrected chi connectivity index (χ1v) is 7.87. The van der Waals surface area contributed by atoms with E-state index < -0.39 is 11.9 Å². The average molecular weight is 341 g/mol. The van der Waals surface area contributed by atoms with Crippen LogP contribution in [-0.2, 0) is 9.59 Å². The van der Waals surface area contributed by atoms with Gasteiger partial charge in [0.1, 0.15) is 0 Å². The molecule has 0 aliphatic rings. The van der Waals surface area contributed by atoms with E-state index in [1.165, 1.54) is 5.56 Å². The van der Waals surface area contributed by atoms with Gasteiger partial charge in [-0.1, -0.05) is 17.7 Å². The van der Waals surface area contributed by atoms with Crippen LogP contribution in [0.25, 0.3) is 0 Å². The Bertz CT molecular complexity index is 452. The lowest BCUT2D eigenvalue weighted by molar-refractivity contribution is -0.139. The van der Waals surface area contributed by atoms with Gasteiger partial charge in [0.15, 0.2) is 0 Å². The molecule has 0 bridgehead atoms. The van der Waals surface area contributed by atoms with Crippen molar-refractivity contribution in [3.63, 3.8) is 0 Å². The van der Waals surface area contributed by atoms with Gasteiger partial charge in [-0.25, -0.2) is 0 Å². The molecule has 1 rings (SSSR count). The number of hydrogen-bond acceptors (Lipinski definition) is 5. The van der Waals surface area contributed by atoms with E-state index in [9.17, 15) is 9.59 Å². The predicted octanol–water partition coefficient (Wildman–Crippen LogP) is 1.50. The van der Waals surface area contributed by atoms with Gasteiger partial charge in [-0.15, -0.1) is 0 Å². The summed E-state index contributed by atoms with van der Waals surface area (Å²) in [7, 11) is 0. The number of rotatable bonds is 10. The molecule has 0 heterocycles. The van der Waals surface area contributed by atoms with Crippen molar-refractivity contribution in [2.75, 3.05) is 31.2 Å². The number of aliphatic hydroxyl groups excluding tert-OH is 2. The molecule has 0 fully saturated rings. The fraction of sp³-hybridized carbons (Fsp3) is 0.529. The minimum absolute atomic E-state index is 0.0628. The van der Waals surface area contributed by atoms with Crippen LogP contribution in [-0.4, -0.2) is 58.7 Å². The van der Waals surface area contributed by atoms with Gasteiger partial charge in [0.25, 0.3) is 0 Å². The van der Waals surface area contributed by atoms with Crippen molar-refractivity contribution >= 4 is 17.6 Å². The topological polar surface area (TPSA) is 118 Å². The molecule has 1 aromatic carbocycles. The maximum absolute atomic E-state index is 9.90. The van der Waals surface area contributed by atoms with Gasteiger partial charge in [0, 0.05) is 31.6 Å². The number of carbonyl (C=O) groups is 2. The Kier molecular flexibility index (Phi) is 12.2. The number of aliphatic carboxylic acids is 2. The zero-order chi connectivity index (χ0) is 18.4. The van der Waals surface area contributed by atoms with E-state index in [2.05, 4.69) is 0 Å². The highest BCUT2D eigenvalue weighted by Gasteiger charge is 2.03. The van der Waals surface area contributed by atoms with Crippen LogP contribution in [0.3, 0.4) is 0 Å². The number of unbranched alkanes of at least 4 members (excludes halogenated alkanes) is 1. The maximum Gasteiger partial charge on any atom is 0.303 e. The monoisotopic (exact) mass is 341 g/mol. The lowest BCUT2D eigenvalue weighted by atomic mass is 10.2. The second-order valence-electron chi connectivity index (χ2n) is 5.26. The highest BCUT2D eigenvalue weighted by atomic mass is 16.4. The van der Waals surface area contributed by atoms with Crippen LogP contribution in [0.15, 0.2) is 24.3 Å². The van der Waals surface area contributed by atoms with Crippen LogP contribution >= 0.6 is 0 Å². The van der Waals surface area contributed by atoms with Crippen LogP contribution in [0.4, 0.5) is 5.69 Å². The summed E-state index contributed by atoms with van der Waals surface area (Å²) >= 11 is 0. The summed E-state index contributed by atoms with van der Waals surface area (Å²) in [5, 5.41) is 34.0. The molecular weight excluding hydrogens is 314 g/mol. The molecular formula is C17H27NO6. The first kappa shape index (κ1) is 21.9. The number of carboxylic acid groups (broad SMARTS) is 2. The smallest absolute Gasteiger partial charge is 0.303 e. The minimum atomic E-state index is -0.870. The quantitative estimate of drug-likeness (QED) is 0.476.